The highest BCUT2D eigenvalue weighted by Crippen LogP contribution is 1.99. The zero-order valence-electron chi connectivity index (χ0n) is 5.22. The Morgan fingerprint density at radius 3 is 2.00 bits per heavy atom. The minimum Gasteiger partial charge on any atom is -0.478 e. The van der Waals surface area contributed by atoms with Crippen LogP contribution in [0.4, 0.5) is 0 Å². The summed E-state index contributed by atoms with van der Waals surface area (Å²) in [5, 5.41) is 8.33. The Balaban J connectivity index is 4.35. The number of hydrogen-bond acceptors (Lipinski definition) is 3. The third-order valence-corrected chi connectivity index (χ3v) is 0.960. The molecule has 0 aliphatic rings. The molecule has 0 aromatic heterocycles. The summed E-state index contributed by atoms with van der Waals surface area (Å²) in [6.07, 6.45) is 0.359. The van der Waals surface area contributed by atoms with Gasteiger partial charge >= 0.3 is 5.97 Å². The molecule has 0 aromatic rings. The lowest BCUT2D eigenvalue weighted by molar-refractivity contribution is -0.132. The van der Waals surface area contributed by atoms with E-state index >= 15 is 0 Å². The molecule has 0 fully saturated rings. The van der Waals surface area contributed by atoms with E-state index < -0.39 is 5.97 Å². The van der Waals surface area contributed by atoms with Crippen molar-refractivity contribution in [3.63, 3.8) is 0 Å². The van der Waals surface area contributed by atoms with E-state index in [0.29, 0.717) is 6.42 Å². The molecule has 0 spiro atoms. The van der Waals surface area contributed by atoms with Crippen molar-refractivity contribution in [3.05, 3.63) is 11.4 Å². The average Bonchev–Trinajstić information content (AvgIpc) is 1.64. The van der Waals surface area contributed by atoms with Crippen molar-refractivity contribution < 1.29 is 9.90 Å². The van der Waals surface area contributed by atoms with Gasteiger partial charge in [0.15, 0.2) is 0 Å². The molecule has 5 N–H and O–H groups in total. The second kappa shape index (κ2) is 2.96. The van der Waals surface area contributed by atoms with Crippen LogP contribution in [0.25, 0.3) is 0 Å². The van der Waals surface area contributed by atoms with Gasteiger partial charge in [0.25, 0.3) is 0 Å². The predicted octanol–water partition coefficient (Wildman–Crippen LogP) is -0.390. The van der Waals surface area contributed by atoms with Crippen LogP contribution in [0.2, 0.25) is 0 Å². The standard InChI is InChI=1S/C5H10N2O2/c1-2-3(4(6)7)5(8)9/h2,6-7H2,1H3,(H,8,9). The Bertz CT molecular complexity index is 147. The van der Waals surface area contributed by atoms with Crippen LogP contribution in [-0.2, 0) is 4.79 Å². The fourth-order valence-corrected chi connectivity index (χ4v) is 0.479. The van der Waals surface area contributed by atoms with Crippen molar-refractivity contribution in [3.8, 4) is 0 Å². The maximum absolute atomic E-state index is 10.2. The maximum Gasteiger partial charge on any atom is 0.335 e. The molecule has 0 aliphatic carbocycles. The van der Waals surface area contributed by atoms with Crippen molar-refractivity contribution in [1.82, 2.24) is 0 Å². The number of aliphatic carboxylic acids is 1. The summed E-state index contributed by atoms with van der Waals surface area (Å²) >= 11 is 0. The van der Waals surface area contributed by atoms with Crippen molar-refractivity contribution in [2.75, 3.05) is 0 Å². The first kappa shape index (κ1) is 7.81. The molecule has 0 bridgehead atoms. The first-order valence-corrected chi connectivity index (χ1v) is 2.57. The largest absolute Gasteiger partial charge is 0.478 e. The Morgan fingerprint density at radius 2 is 2.00 bits per heavy atom. The summed E-state index contributed by atoms with van der Waals surface area (Å²) in [5.41, 5.74) is 10.1. The van der Waals surface area contributed by atoms with Gasteiger partial charge in [0.05, 0.1) is 5.57 Å². The van der Waals surface area contributed by atoms with Crippen molar-refractivity contribution >= 4 is 5.97 Å². The van der Waals surface area contributed by atoms with Gasteiger partial charge in [-0.2, -0.15) is 0 Å². The quantitative estimate of drug-likeness (QED) is 0.444. The van der Waals surface area contributed by atoms with Crippen LogP contribution < -0.4 is 11.5 Å². The minimum atomic E-state index is -1.04. The van der Waals surface area contributed by atoms with Crippen LogP contribution in [0, 0.1) is 0 Å². The van der Waals surface area contributed by atoms with Crippen molar-refractivity contribution in [1.29, 1.82) is 0 Å². The van der Waals surface area contributed by atoms with Gasteiger partial charge in [-0.3, -0.25) is 0 Å². The van der Waals surface area contributed by atoms with Crippen molar-refractivity contribution in [2.24, 2.45) is 11.5 Å². The van der Waals surface area contributed by atoms with E-state index in [9.17, 15) is 4.79 Å². The molecule has 0 atom stereocenters. The minimum absolute atomic E-state index is 0.0787. The van der Waals surface area contributed by atoms with E-state index in [2.05, 4.69) is 0 Å². The molecule has 0 amide bonds. The molecule has 0 aliphatic heterocycles. The van der Waals surface area contributed by atoms with Crippen LogP contribution in [-0.4, -0.2) is 11.1 Å². The smallest absolute Gasteiger partial charge is 0.335 e. The van der Waals surface area contributed by atoms with Gasteiger partial charge in [0.1, 0.15) is 5.82 Å². The number of hydrogen-bond donors (Lipinski definition) is 3. The number of carboxylic acid groups (broad SMARTS) is 1. The van der Waals surface area contributed by atoms with Crippen LogP contribution >= 0.6 is 0 Å². The monoisotopic (exact) mass is 130 g/mol. The second-order valence-corrected chi connectivity index (χ2v) is 1.59. The third kappa shape index (κ3) is 2.03. The Labute approximate surface area is 53.1 Å². The van der Waals surface area contributed by atoms with Gasteiger partial charge in [-0.05, 0) is 6.42 Å². The SMILES string of the molecule is CCC(C(=O)O)=C(N)N. The summed E-state index contributed by atoms with van der Waals surface area (Å²) in [6, 6.07) is 0. The van der Waals surface area contributed by atoms with Gasteiger partial charge in [0, 0.05) is 0 Å². The highest BCUT2D eigenvalue weighted by atomic mass is 16.4. The van der Waals surface area contributed by atoms with Crippen LogP contribution in [0.3, 0.4) is 0 Å². The second-order valence-electron chi connectivity index (χ2n) is 1.59. The van der Waals surface area contributed by atoms with E-state index in [1.54, 1.807) is 6.92 Å². The lowest BCUT2D eigenvalue weighted by Crippen LogP contribution is -2.16. The summed E-state index contributed by atoms with van der Waals surface area (Å²) in [7, 11) is 0. The van der Waals surface area contributed by atoms with Crippen LogP contribution in [0.1, 0.15) is 13.3 Å². The Morgan fingerprint density at radius 1 is 1.56 bits per heavy atom. The zero-order valence-corrected chi connectivity index (χ0v) is 5.22. The first-order chi connectivity index (χ1) is 4.09. The molecule has 0 saturated heterocycles. The fourth-order valence-electron chi connectivity index (χ4n) is 0.479. The predicted molar refractivity (Wildman–Crippen MR) is 33.3 cm³/mol. The van der Waals surface area contributed by atoms with Gasteiger partial charge in [-0.25, -0.2) is 4.79 Å². The molecule has 0 unspecified atom stereocenters. The highest BCUT2D eigenvalue weighted by molar-refractivity contribution is 5.87. The lowest BCUT2D eigenvalue weighted by atomic mass is 10.2. The number of rotatable bonds is 2. The summed E-state index contributed by atoms with van der Waals surface area (Å²) in [4.78, 5) is 10.2. The van der Waals surface area contributed by atoms with E-state index in [4.69, 9.17) is 16.6 Å². The number of carbonyl (C=O) groups is 1. The van der Waals surface area contributed by atoms with E-state index in [-0.39, 0.29) is 11.4 Å². The lowest BCUT2D eigenvalue weighted by Gasteiger charge is -1.97. The third-order valence-electron chi connectivity index (χ3n) is 0.960. The Hall–Kier alpha value is -1.19. The molecule has 52 valence electrons. The summed E-state index contributed by atoms with van der Waals surface area (Å²) < 4.78 is 0. The van der Waals surface area contributed by atoms with E-state index in [0.717, 1.165) is 0 Å². The van der Waals surface area contributed by atoms with E-state index in [1.165, 1.54) is 0 Å². The molecular weight excluding hydrogens is 120 g/mol. The van der Waals surface area contributed by atoms with Crippen LogP contribution in [0.15, 0.2) is 11.4 Å². The maximum atomic E-state index is 10.2. The molecule has 9 heavy (non-hydrogen) atoms. The normalized spacial score (nSPS) is 8.56. The molecule has 0 radical (unpaired) electrons. The first-order valence-electron chi connectivity index (χ1n) is 2.57. The van der Waals surface area contributed by atoms with Gasteiger partial charge in [-0.1, -0.05) is 6.92 Å². The molecule has 0 saturated carbocycles. The molecule has 0 aromatic carbocycles. The van der Waals surface area contributed by atoms with Gasteiger partial charge in [-0.15, -0.1) is 0 Å². The molecule has 0 rings (SSSR count). The molecular formula is C5H10N2O2. The summed E-state index contributed by atoms with van der Waals surface area (Å²) in [5.74, 6) is -1.15. The topological polar surface area (TPSA) is 89.3 Å². The van der Waals surface area contributed by atoms with Crippen LogP contribution in [0.5, 0.6) is 0 Å². The number of carboxylic acids is 1. The van der Waals surface area contributed by atoms with Gasteiger partial charge in [0.2, 0.25) is 0 Å². The highest BCUT2D eigenvalue weighted by Gasteiger charge is 2.06. The zero-order chi connectivity index (χ0) is 7.44. The van der Waals surface area contributed by atoms with Crippen molar-refractivity contribution in [2.45, 2.75) is 13.3 Å². The average molecular weight is 130 g/mol. The molecule has 4 nitrogen and oxygen atoms in total. The Kier molecular flexibility index (Phi) is 2.57. The fraction of sp³-hybridized carbons (Fsp3) is 0.400. The summed E-state index contributed by atoms with van der Waals surface area (Å²) in [6.45, 7) is 1.68. The molecule has 4 heteroatoms. The molecule has 0 heterocycles. The van der Waals surface area contributed by atoms with Gasteiger partial charge < -0.3 is 16.6 Å². The number of nitrogens with two attached hydrogens (primary N) is 2. The van der Waals surface area contributed by atoms with E-state index in [1.807, 2.05) is 0 Å².